The van der Waals surface area contributed by atoms with E-state index in [1.54, 1.807) is 6.07 Å². The van der Waals surface area contributed by atoms with Crippen molar-refractivity contribution in [3.8, 4) is 0 Å². The van der Waals surface area contributed by atoms with Crippen molar-refractivity contribution in [2.75, 3.05) is 25.0 Å². The van der Waals surface area contributed by atoms with Crippen molar-refractivity contribution in [2.24, 2.45) is 5.92 Å². The number of thiophene rings is 1. The molecule has 1 aliphatic rings. The zero-order chi connectivity index (χ0) is 18.4. The van der Waals surface area contributed by atoms with E-state index in [2.05, 4.69) is 27.4 Å². The molecule has 2 aromatic heterocycles. The van der Waals surface area contributed by atoms with Crippen LogP contribution in [0.2, 0.25) is 0 Å². The molecule has 8 heteroatoms. The van der Waals surface area contributed by atoms with Crippen LogP contribution in [-0.2, 0) is 11.3 Å². The van der Waals surface area contributed by atoms with Gasteiger partial charge in [-0.2, -0.15) is 0 Å². The highest BCUT2D eigenvalue weighted by Gasteiger charge is 2.17. The fraction of sp³-hybridized carbons (Fsp3) is 0.500. The van der Waals surface area contributed by atoms with Crippen LogP contribution < -0.4 is 10.6 Å². The molecule has 2 amide bonds. The number of thiazole rings is 1. The molecule has 0 bridgehead atoms. The first kappa shape index (κ1) is 19.0. The minimum Gasteiger partial charge on any atom is -0.351 e. The normalized spacial score (nSPS) is 15.7. The first-order valence-corrected chi connectivity index (χ1v) is 10.6. The molecule has 2 aromatic rings. The lowest BCUT2D eigenvalue weighted by molar-refractivity contribution is -0.116. The molecule has 2 N–H and O–H groups in total. The smallest absolute Gasteiger partial charge is 0.261 e. The van der Waals surface area contributed by atoms with Gasteiger partial charge >= 0.3 is 0 Å². The topological polar surface area (TPSA) is 74.3 Å². The monoisotopic (exact) mass is 392 g/mol. The number of amides is 2. The van der Waals surface area contributed by atoms with E-state index in [4.69, 9.17) is 0 Å². The Morgan fingerprint density at radius 3 is 2.85 bits per heavy atom. The molecule has 1 saturated heterocycles. The van der Waals surface area contributed by atoms with Gasteiger partial charge in [0.25, 0.3) is 5.91 Å². The van der Waals surface area contributed by atoms with Gasteiger partial charge in [-0.1, -0.05) is 13.0 Å². The Bertz CT molecular complexity index is 721. The fourth-order valence-corrected chi connectivity index (χ4v) is 4.21. The maximum absolute atomic E-state index is 12.0. The molecule has 0 aliphatic carbocycles. The Labute approximate surface area is 161 Å². The average Bonchev–Trinajstić information content (AvgIpc) is 3.29. The molecular weight excluding hydrogens is 368 g/mol. The zero-order valence-electron chi connectivity index (χ0n) is 14.9. The summed E-state index contributed by atoms with van der Waals surface area (Å²) in [6.07, 6.45) is 2.71. The van der Waals surface area contributed by atoms with Gasteiger partial charge in [-0.25, -0.2) is 4.98 Å². The Hall–Kier alpha value is -1.77. The summed E-state index contributed by atoms with van der Waals surface area (Å²) in [6.45, 7) is 5.69. The first-order valence-electron chi connectivity index (χ1n) is 8.88. The second-order valence-electron chi connectivity index (χ2n) is 6.63. The zero-order valence-corrected chi connectivity index (χ0v) is 16.5. The predicted molar refractivity (Wildman–Crippen MR) is 106 cm³/mol. The number of likely N-dealkylation sites (tertiary alicyclic amines) is 1. The van der Waals surface area contributed by atoms with Crippen molar-refractivity contribution in [2.45, 2.75) is 32.7 Å². The van der Waals surface area contributed by atoms with E-state index in [9.17, 15) is 9.59 Å². The van der Waals surface area contributed by atoms with Gasteiger partial charge < -0.3 is 10.6 Å². The molecule has 0 spiro atoms. The molecule has 1 fully saturated rings. The van der Waals surface area contributed by atoms with Gasteiger partial charge in [-0.05, 0) is 43.3 Å². The molecular formula is C18H24N4O2S2. The number of carbonyl (C=O) groups excluding carboxylic acids is 2. The summed E-state index contributed by atoms with van der Waals surface area (Å²) < 4.78 is 0. The van der Waals surface area contributed by atoms with Crippen LogP contribution in [0.15, 0.2) is 22.9 Å². The van der Waals surface area contributed by atoms with Crippen molar-refractivity contribution in [1.29, 1.82) is 0 Å². The van der Waals surface area contributed by atoms with E-state index < -0.39 is 0 Å². The van der Waals surface area contributed by atoms with Gasteiger partial charge in [0.1, 0.15) is 0 Å². The van der Waals surface area contributed by atoms with E-state index in [0.717, 1.165) is 31.2 Å². The summed E-state index contributed by atoms with van der Waals surface area (Å²) in [4.78, 5) is 31.4. The number of nitrogens with one attached hydrogen (secondary N) is 2. The van der Waals surface area contributed by atoms with Gasteiger partial charge in [0, 0.05) is 24.9 Å². The number of piperidine rings is 1. The molecule has 140 valence electrons. The van der Waals surface area contributed by atoms with Gasteiger partial charge in [0.05, 0.1) is 10.6 Å². The van der Waals surface area contributed by atoms with E-state index in [0.29, 0.717) is 16.6 Å². The van der Waals surface area contributed by atoms with Gasteiger partial charge in [0.15, 0.2) is 5.13 Å². The molecule has 0 aromatic carbocycles. The third kappa shape index (κ3) is 5.62. The number of rotatable bonds is 7. The van der Waals surface area contributed by atoms with Crippen LogP contribution in [0.3, 0.4) is 0 Å². The number of anilines is 1. The lowest BCUT2D eigenvalue weighted by Gasteiger charge is -2.29. The van der Waals surface area contributed by atoms with E-state index in [1.165, 1.54) is 35.5 Å². The van der Waals surface area contributed by atoms with Gasteiger partial charge in [0.2, 0.25) is 5.91 Å². The largest absolute Gasteiger partial charge is 0.351 e. The van der Waals surface area contributed by atoms with Crippen molar-refractivity contribution in [3.05, 3.63) is 33.5 Å². The van der Waals surface area contributed by atoms with Crippen molar-refractivity contribution < 1.29 is 9.59 Å². The van der Waals surface area contributed by atoms with Crippen LogP contribution >= 0.6 is 22.7 Å². The SMILES string of the molecule is CC1CCN(Cc2csc(NC(=O)CCNC(=O)c3cccs3)n2)CC1. The van der Waals surface area contributed by atoms with Crippen molar-refractivity contribution in [3.63, 3.8) is 0 Å². The lowest BCUT2D eigenvalue weighted by Crippen LogP contribution is -2.32. The Morgan fingerprint density at radius 2 is 2.12 bits per heavy atom. The first-order chi connectivity index (χ1) is 12.6. The molecule has 0 saturated carbocycles. The van der Waals surface area contributed by atoms with E-state index >= 15 is 0 Å². The third-order valence-electron chi connectivity index (χ3n) is 4.44. The highest BCUT2D eigenvalue weighted by Crippen LogP contribution is 2.21. The van der Waals surface area contributed by atoms with Crippen LogP contribution in [-0.4, -0.2) is 41.3 Å². The van der Waals surface area contributed by atoms with Gasteiger partial charge in [-0.3, -0.25) is 14.5 Å². The summed E-state index contributed by atoms with van der Waals surface area (Å²) in [5.41, 5.74) is 1.01. The second-order valence-corrected chi connectivity index (χ2v) is 8.44. The van der Waals surface area contributed by atoms with Crippen LogP contribution in [0.25, 0.3) is 0 Å². The van der Waals surface area contributed by atoms with Crippen molar-refractivity contribution in [1.82, 2.24) is 15.2 Å². The van der Waals surface area contributed by atoms with Crippen LogP contribution in [0.5, 0.6) is 0 Å². The second kappa shape index (κ2) is 9.25. The molecule has 0 unspecified atom stereocenters. The predicted octanol–water partition coefficient (Wildman–Crippen LogP) is 3.20. The number of hydrogen-bond donors (Lipinski definition) is 2. The minimum atomic E-state index is -0.139. The summed E-state index contributed by atoms with van der Waals surface area (Å²) in [5.74, 6) is 0.543. The summed E-state index contributed by atoms with van der Waals surface area (Å²) >= 11 is 2.83. The minimum absolute atomic E-state index is 0.135. The third-order valence-corrected chi connectivity index (χ3v) is 6.12. The number of carbonyl (C=O) groups is 2. The average molecular weight is 393 g/mol. The number of nitrogens with zero attached hydrogens (tertiary/aromatic N) is 2. The van der Waals surface area contributed by atoms with Crippen molar-refractivity contribution >= 4 is 39.6 Å². The molecule has 3 rings (SSSR count). The molecule has 6 nitrogen and oxygen atoms in total. The van der Waals surface area contributed by atoms with Crippen LogP contribution in [0.1, 0.15) is 41.6 Å². The van der Waals surface area contributed by atoms with Gasteiger partial charge in [-0.15, -0.1) is 22.7 Å². The Morgan fingerprint density at radius 1 is 1.31 bits per heavy atom. The molecule has 3 heterocycles. The highest BCUT2D eigenvalue weighted by atomic mass is 32.1. The van der Waals surface area contributed by atoms with E-state index in [1.807, 2.05) is 16.8 Å². The molecule has 0 radical (unpaired) electrons. The standard InChI is InChI=1S/C18H24N4O2S2/c1-13-5-8-22(9-6-13)11-14-12-26-18(20-14)21-16(23)4-7-19-17(24)15-3-2-10-25-15/h2-3,10,12-13H,4-9,11H2,1H3,(H,19,24)(H,20,21,23). The number of hydrogen-bond acceptors (Lipinski definition) is 6. The quantitative estimate of drug-likeness (QED) is 0.759. The Balaban J connectivity index is 1.38. The number of aromatic nitrogens is 1. The fourth-order valence-electron chi connectivity index (χ4n) is 2.85. The van der Waals surface area contributed by atoms with Crippen LogP contribution in [0.4, 0.5) is 5.13 Å². The molecule has 0 atom stereocenters. The van der Waals surface area contributed by atoms with Crippen LogP contribution in [0, 0.1) is 5.92 Å². The molecule has 26 heavy (non-hydrogen) atoms. The maximum atomic E-state index is 12.0. The molecule has 1 aliphatic heterocycles. The Kier molecular flexibility index (Phi) is 6.76. The highest BCUT2D eigenvalue weighted by molar-refractivity contribution is 7.14. The maximum Gasteiger partial charge on any atom is 0.261 e. The summed E-state index contributed by atoms with van der Waals surface area (Å²) in [7, 11) is 0. The summed E-state index contributed by atoms with van der Waals surface area (Å²) in [6, 6.07) is 3.59. The van der Waals surface area contributed by atoms with E-state index in [-0.39, 0.29) is 18.2 Å². The summed E-state index contributed by atoms with van der Waals surface area (Å²) in [5, 5.41) is 10.1. The lowest BCUT2D eigenvalue weighted by atomic mass is 9.99.